The maximum absolute atomic E-state index is 11.5. The Morgan fingerprint density at radius 2 is 1.63 bits per heavy atom. The molecule has 0 aromatic rings. The molecule has 6 nitrogen and oxygen atoms in total. The summed E-state index contributed by atoms with van der Waals surface area (Å²) in [4.78, 5) is 16.5. The Kier molecular flexibility index (Phi) is 14.8. The molecule has 0 saturated carbocycles. The second-order valence-electron chi connectivity index (χ2n) is 7.05. The molecule has 27 heavy (non-hydrogen) atoms. The minimum Gasteiger partial charge on any atom is -0.376 e. The third-order valence-electron chi connectivity index (χ3n) is 4.52. The fourth-order valence-electron chi connectivity index (χ4n) is 2.89. The quantitative estimate of drug-likeness (QED) is 0.177. The molecule has 1 aliphatic heterocycles. The van der Waals surface area contributed by atoms with E-state index in [0.717, 1.165) is 51.6 Å². The number of carbonyl (C=O) groups is 1. The highest BCUT2D eigenvalue weighted by atomic mass is 32.1. The molecule has 0 bridgehead atoms. The molecule has 156 valence electrons. The molecule has 1 heterocycles. The molecule has 1 fully saturated rings. The largest absolute Gasteiger partial charge is 0.376 e. The van der Waals surface area contributed by atoms with E-state index < -0.39 is 0 Å². The number of hydrogen-bond donors (Lipinski definition) is 4. The van der Waals surface area contributed by atoms with Crippen LogP contribution in [0.4, 0.5) is 4.79 Å². The summed E-state index contributed by atoms with van der Waals surface area (Å²) >= 11 is 4.90. The summed E-state index contributed by atoms with van der Waals surface area (Å²) in [6.45, 7) is 3.70. The van der Waals surface area contributed by atoms with Crippen molar-refractivity contribution in [2.75, 3.05) is 13.1 Å². The second kappa shape index (κ2) is 16.8. The number of allylic oxidation sites excluding steroid dienone is 2. The van der Waals surface area contributed by atoms with Crippen LogP contribution in [0.3, 0.4) is 0 Å². The molecule has 1 rings (SSSR count). The van der Waals surface area contributed by atoms with Crippen LogP contribution in [0.15, 0.2) is 12.2 Å². The van der Waals surface area contributed by atoms with E-state index in [-0.39, 0.29) is 12.2 Å². The Bertz CT molecular complexity index is 432. The van der Waals surface area contributed by atoms with Gasteiger partial charge in [0.05, 0.1) is 0 Å². The van der Waals surface area contributed by atoms with Gasteiger partial charge in [-0.3, -0.25) is 0 Å². The minimum atomic E-state index is -0.0311. The van der Waals surface area contributed by atoms with Crippen molar-refractivity contribution < 1.29 is 9.63 Å². The van der Waals surface area contributed by atoms with E-state index >= 15 is 0 Å². The number of urea groups is 1. The maximum atomic E-state index is 11.5. The number of carbonyl (C=O) groups excluding carboxylic acids is 1. The van der Waals surface area contributed by atoms with Crippen molar-refractivity contribution in [2.45, 2.75) is 90.1 Å². The predicted molar refractivity (Wildman–Crippen MR) is 115 cm³/mol. The lowest BCUT2D eigenvalue weighted by atomic mass is 10.1. The Labute approximate surface area is 170 Å². The van der Waals surface area contributed by atoms with Crippen molar-refractivity contribution in [1.29, 1.82) is 0 Å². The predicted octanol–water partition coefficient (Wildman–Crippen LogP) is 4.28. The van der Waals surface area contributed by atoms with Gasteiger partial charge in [-0.05, 0) is 63.6 Å². The first-order valence-corrected chi connectivity index (χ1v) is 11.0. The first-order chi connectivity index (χ1) is 13.2. The van der Waals surface area contributed by atoms with Crippen molar-refractivity contribution in [3.05, 3.63) is 12.2 Å². The van der Waals surface area contributed by atoms with Crippen LogP contribution >= 0.6 is 12.2 Å². The minimum absolute atomic E-state index is 0.0311. The number of thiocarbonyl (C=S) groups is 1. The van der Waals surface area contributed by atoms with Crippen molar-refractivity contribution in [2.24, 2.45) is 0 Å². The highest BCUT2D eigenvalue weighted by molar-refractivity contribution is 7.80. The van der Waals surface area contributed by atoms with E-state index in [2.05, 4.69) is 40.5 Å². The van der Waals surface area contributed by atoms with Gasteiger partial charge in [-0.25, -0.2) is 4.79 Å². The third-order valence-corrected chi connectivity index (χ3v) is 4.72. The Balaban J connectivity index is 1.77. The van der Waals surface area contributed by atoms with Gasteiger partial charge in [0, 0.05) is 13.1 Å². The number of hydrogen-bond acceptors (Lipinski definition) is 4. The van der Waals surface area contributed by atoms with E-state index in [1.807, 2.05) is 0 Å². The lowest BCUT2D eigenvalue weighted by molar-refractivity contribution is 0.185. The molecule has 4 N–H and O–H groups in total. The van der Waals surface area contributed by atoms with Crippen LogP contribution in [0.5, 0.6) is 0 Å². The summed E-state index contributed by atoms with van der Waals surface area (Å²) in [6, 6.07) is -0.0311. The lowest BCUT2D eigenvalue weighted by Gasteiger charge is -2.07. The van der Waals surface area contributed by atoms with Crippen LogP contribution in [0, 0.1) is 0 Å². The molecule has 0 spiro atoms. The first-order valence-electron chi connectivity index (χ1n) is 10.6. The van der Waals surface area contributed by atoms with Crippen LogP contribution in [-0.2, 0) is 4.84 Å². The maximum Gasteiger partial charge on any atom is 0.314 e. The van der Waals surface area contributed by atoms with E-state index in [0.29, 0.717) is 5.17 Å². The SMILES string of the molecule is CCCCCNC(=O)NCCCC/C=C\CCCCCCC1NOC(=S)N1. The molecule has 0 radical (unpaired) electrons. The summed E-state index contributed by atoms with van der Waals surface area (Å²) < 4.78 is 0. The summed E-state index contributed by atoms with van der Waals surface area (Å²) in [5.41, 5.74) is 2.88. The van der Waals surface area contributed by atoms with Crippen molar-refractivity contribution in [3.8, 4) is 0 Å². The Morgan fingerprint density at radius 1 is 1.00 bits per heavy atom. The van der Waals surface area contributed by atoms with Gasteiger partial charge < -0.3 is 20.8 Å². The second-order valence-corrected chi connectivity index (χ2v) is 7.42. The van der Waals surface area contributed by atoms with E-state index in [4.69, 9.17) is 17.1 Å². The van der Waals surface area contributed by atoms with Gasteiger partial charge in [0.15, 0.2) is 0 Å². The van der Waals surface area contributed by atoms with E-state index in [9.17, 15) is 4.79 Å². The van der Waals surface area contributed by atoms with Crippen LogP contribution in [0.25, 0.3) is 0 Å². The zero-order chi connectivity index (χ0) is 19.6. The normalized spacial score (nSPS) is 16.3. The lowest BCUT2D eigenvalue weighted by Crippen LogP contribution is -2.36. The smallest absolute Gasteiger partial charge is 0.314 e. The number of rotatable bonds is 16. The van der Waals surface area contributed by atoms with Crippen LogP contribution in [0.2, 0.25) is 0 Å². The zero-order valence-electron chi connectivity index (χ0n) is 16.9. The zero-order valence-corrected chi connectivity index (χ0v) is 17.7. The van der Waals surface area contributed by atoms with Gasteiger partial charge in [-0.1, -0.05) is 44.8 Å². The summed E-state index contributed by atoms with van der Waals surface area (Å²) in [7, 11) is 0. The molecule has 1 aliphatic rings. The topological polar surface area (TPSA) is 74.4 Å². The number of unbranched alkanes of at least 4 members (excludes halogenated alkanes) is 8. The standard InChI is InChI=1S/C20H38N4O2S/c1-2-3-13-16-21-19(25)22-17-14-11-9-7-5-4-6-8-10-12-15-18-23-20(27)26-24-18/h5,7,18,24H,2-4,6,8-17H2,1H3,(H,23,27)(H2,21,22,25)/b7-5-. The molecular formula is C20H38N4O2S. The fourth-order valence-corrected chi connectivity index (χ4v) is 3.08. The van der Waals surface area contributed by atoms with Gasteiger partial charge in [-0.15, -0.1) is 5.48 Å². The van der Waals surface area contributed by atoms with Crippen LogP contribution in [-0.4, -0.2) is 30.5 Å². The van der Waals surface area contributed by atoms with E-state index in [1.165, 1.54) is 38.5 Å². The average Bonchev–Trinajstić information content (AvgIpc) is 3.08. The molecule has 7 heteroatoms. The van der Waals surface area contributed by atoms with Crippen molar-refractivity contribution in [3.63, 3.8) is 0 Å². The number of nitrogens with one attached hydrogen (secondary N) is 4. The third kappa shape index (κ3) is 14.4. The van der Waals surface area contributed by atoms with Gasteiger partial charge in [-0.2, -0.15) is 0 Å². The Hall–Kier alpha value is -1.34. The monoisotopic (exact) mass is 398 g/mol. The molecule has 0 aliphatic carbocycles. The molecule has 2 amide bonds. The highest BCUT2D eigenvalue weighted by Gasteiger charge is 2.17. The first kappa shape index (κ1) is 23.7. The Morgan fingerprint density at radius 3 is 2.26 bits per heavy atom. The summed E-state index contributed by atoms with van der Waals surface area (Å²) in [5.74, 6) is 0. The fraction of sp³-hybridized carbons (Fsp3) is 0.800. The van der Waals surface area contributed by atoms with Gasteiger partial charge in [0.2, 0.25) is 0 Å². The summed E-state index contributed by atoms with van der Waals surface area (Å²) in [6.07, 6.45) is 18.5. The van der Waals surface area contributed by atoms with Crippen molar-refractivity contribution >= 4 is 23.4 Å². The van der Waals surface area contributed by atoms with Gasteiger partial charge in [0.25, 0.3) is 5.17 Å². The average molecular weight is 399 g/mol. The van der Waals surface area contributed by atoms with E-state index in [1.54, 1.807) is 0 Å². The molecule has 0 aromatic carbocycles. The van der Waals surface area contributed by atoms with Gasteiger partial charge in [0.1, 0.15) is 6.17 Å². The molecule has 1 atom stereocenters. The number of hydroxylamine groups is 1. The van der Waals surface area contributed by atoms with Crippen LogP contribution < -0.4 is 21.4 Å². The van der Waals surface area contributed by atoms with Crippen molar-refractivity contribution in [1.82, 2.24) is 21.4 Å². The number of amides is 2. The summed E-state index contributed by atoms with van der Waals surface area (Å²) in [5, 5.41) is 9.33. The molecule has 0 aromatic heterocycles. The molecular weight excluding hydrogens is 360 g/mol. The molecule has 1 saturated heterocycles. The van der Waals surface area contributed by atoms with Gasteiger partial charge >= 0.3 is 6.03 Å². The highest BCUT2D eigenvalue weighted by Crippen LogP contribution is 2.09. The molecule has 1 unspecified atom stereocenters. The van der Waals surface area contributed by atoms with Crippen LogP contribution in [0.1, 0.15) is 84.0 Å².